The summed E-state index contributed by atoms with van der Waals surface area (Å²) in [4.78, 5) is 6.66. The second kappa shape index (κ2) is 9.80. The lowest BCUT2D eigenvalue weighted by Crippen LogP contribution is -2.15. The minimum Gasteiger partial charge on any atom is -0.494 e. The van der Waals surface area contributed by atoms with Crippen molar-refractivity contribution in [1.29, 1.82) is 0 Å². The lowest BCUT2D eigenvalue weighted by Gasteiger charge is -2.10. The van der Waals surface area contributed by atoms with Gasteiger partial charge in [0.1, 0.15) is 5.75 Å². The van der Waals surface area contributed by atoms with E-state index in [0.717, 1.165) is 43.9 Å². The Balaban J connectivity index is 1.70. The summed E-state index contributed by atoms with van der Waals surface area (Å²) in [5.41, 5.74) is 2.44. The molecule has 2 aromatic rings. The van der Waals surface area contributed by atoms with E-state index in [4.69, 9.17) is 4.74 Å². The normalized spacial score (nSPS) is 11.3. The van der Waals surface area contributed by atoms with E-state index in [2.05, 4.69) is 48.3 Å². The molecule has 3 nitrogen and oxygen atoms in total. The number of hydrogen-bond donors (Lipinski definition) is 0. The number of benzene rings is 2. The van der Waals surface area contributed by atoms with Crippen LogP contribution in [0.2, 0.25) is 0 Å². The summed E-state index contributed by atoms with van der Waals surface area (Å²) in [6.07, 6.45) is 3.94. The number of hydrogen-bond acceptors (Lipinski definition) is 3. The van der Waals surface area contributed by atoms with Crippen LogP contribution in [0.5, 0.6) is 5.75 Å². The average Bonchev–Trinajstić information content (AvgIpc) is 2.57. The van der Waals surface area contributed by atoms with Gasteiger partial charge in [0.15, 0.2) is 0 Å². The lowest BCUT2D eigenvalue weighted by atomic mass is 10.1. The van der Waals surface area contributed by atoms with Gasteiger partial charge in [0.2, 0.25) is 0 Å². The van der Waals surface area contributed by atoms with Crippen molar-refractivity contribution >= 4 is 6.21 Å². The summed E-state index contributed by atoms with van der Waals surface area (Å²) in [7, 11) is 4.15. The van der Waals surface area contributed by atoms with E-state index in [9.17, 15) is 0 Å². The third kappa shape index (κ3) is 7.11. The van der Waals surface area contributed by atoms with Gasteiger partial charge in [-0.05, 0) is 62.3 Å². The molecule has 23 heavy (non-hydrogen) atoms. The molecule has 3 heteroatoms. The Kier molecular flexibility index (Phi) is 7.34. The van der Waals surface area contributed by atoms with Crippen molar-refractivity contribution in [3.63, 3.8) is 0 Å². The molecular weight excluding hydrogens is 284 g/mol. The van der Waals surface area contributed by atoms with Gasteiger partial charge in [-0.2, -0.15) is 0 Å². The Labute approximate surface area is 139 Å². The van der Waals surface area contributed by atoms with Crippen LogP contribution in [0.15, 0.2) is 59.6 Å². The van der Waals surface area contributed by atoms with E-state index < -0.39 is 0 Å². The molecule has 0 aliphatic rings. The number of nitrogens with zero attached hydrogens (tertiary/aromatic N) is 2. The van der Waals surface area contributed by atoms with Crippen LogP contribution in [0.4, 0.5) is 0 Å². The molecule has 0 amide bonds. The summed E-state index contributed by atoms with van der Waals surface area (Å²) >= 11 is 0. The second-order valence-electron chi connectivity index (χ2n) is 5.85. The summed E-state index contributed by atoms with van der Waals surface area (Å²) < 4.78 is 5.72. The van der Waals surface area contributed by atoms with E-state index in [0.29, 0.717) is 0 Å². The lowest BCUT2D eigenvalue weighted by molar-refractivity contribution is 0.281. The van der Waals surface area contributed by atoms with E-state index in [1.54, 1.807) is 0 Å². The van der Waals surface area contributed by atoms with Crippen LogP contribution in [-0.2, 0) is 6.42 Å². The molecule has 2 aromatic carbocycles. The van der Waals surface area contributed by atoms with Crippen molar-refractivity contribution < 1.29 is 4.74 Å². The molecule has 0 N–H and O–H groups in total. The molecule has 0 saturated heterocycles. The van der Waals surface area contributed by atoms with E-state index in [1.165, 1.54) is 5.56 Å². The van der Waals surface area contributed by atoms with Gasteiger partial charge in [-0.3, -0.25) is 4.99 Å². The highest BCUT2D eigenvalue weighted by atomic mass is 16.5. The molecule has 0 aliphatic heterocycles. The molecule has 0 unspecified atom stereocenters. The van der Waals surface area contributed by atoms with Crippen molar-refractivity contribution in [1.82, 2.24) is 4.90 Å². The average molecular weight is 310 g/mol. The van der Waals surface area contributed by atoms with Crippen molar-refractivity contribution in [2.45, 2.75) is 12.8 Å². The molecule has 0 saturated carbocycles. The number of aliphatic imine (C=N–C) groups is 1. The molecule has 0 aliphatic carbocycles. The van der Waals surface area contributed by atoms with Crippen molar-refractivity contribution in [2.75, 3.05) is 33.8 Å². The fourth-order valence-electron chi connectivity index (χ4n) is 2.23. The third-order valence-electron chi connectivity index (χ3n) is 3.51. The zero-order valence-corrected chi connectivity index (χ0v) is 14.1. The predicted octanol–water partition coefficient (Wildman–Crippen LogP) is 3.68. The highest BCUT2D eigenvalue weighted by Gasteiger charge is 1.95. The Morgan fingerprint density at radius 2 is 1.74 bits per heavy atom. The molecule has 0 heterocycles. The highest BCUT2D eigenvalue weighted by molar-refractivity contribution is 5.79. The maximum absolute atomic E-state index is 5.72. The molecule has 0 aromatic heterocycles. The van der Waals surface area contributed by atoms with Gasteiger partial charge >= 0.3 is 0 Å². The van der Waals surface area contributed by atoms with Gasteiger partial charge in [0, 0.05) is 19.3 Å². The standard InChI is InChI=1S/C20H26N2O/c1-22(2)15-6-16-23-20-11-9-19(10-12-20)17-21-14-13-18-7-4-3-5-8-18/h3-5,7-12,17H,6,13-16H2,1-2H3/b21-17-. The third-order valence-corrected chi connectivity index (χ3v) is 3.51. The summed E-state index contributed by atoms with van der Waals surface area (Å²) in [5, 5.41) is 0. The Hall–Kier alpha value is -2.13. The first-order chi connectivity index (χ1) is 11.2. The van der Waals surface area contributed by atoms with Crippen LogP contribution in [0.25, 0.3) is 0 Å². The van der Waals surface area contributed by atoms with Gasteiger partial charge in [0.25, 0.3) is 0 Å². The second-order valence-corrected chi connectivity index (χ2v) is 5.85. The van der Waals surface area contributed by atoms with Crippen LogP contribution in [0.1, 0.15) is 17.5 Å². The van der Waals surface area contributed by atoms with E-state index >= 15 is 0 Å². The number of rotatable bonds is 9. The monoisotopic (exact) mass is 310 g/mol. The van der Waals surface area contributed by atoms with Gasteiger partial charge in [-0.25, -0.2) is 0 Å². The Morgan fingerprint density at radius 1 is 1.00 bits per heavy atom. The van der Waals surface area contributed by atoms with Gasteiger partial charge < -0.3 is 9.64 Å². The van der Waals surface area contributed by atoms with Gasteiger partial charge in [0.05, 0.1) is 6.61 Å². The summed E-state index contributed by atoms with van der Waals surface area (Å²) in [6, 6.07) is 18.6. The van der Waals surface area contributed by atoms with Crippen molar-refractivity contribution in [3.05, 3.63) is 65.7 Å². The first-order valence-corrected chi connectivity index (χ1v) is 8.15. The first-order valence-electron chi connectivity index (χ1n) is 8.15. The van der Waals surface area contributed by atoms with Crippen LogP contribution < -0.4 is 4.74 Å². The zero-order valence-electron chi connectivity index (χ0n) is 14.1. The van der Waals surface area contributed by atoms with Crippen LogP contribution in [-0.4, -0.2) is 44.9 Å². The quantitative estimate of drug-likeness (QED) is 0.521. The van der Waals surface area contributed by atoms with E-state index in [1.807, 2.05) is 36.5 Å². The molecule has 0 fully saturated rings. The maximum Gasteiger partial charge on any atom is 0.119 e. The molecule has 0 radical (unpaired) electrons. The molecule has 0 spiro atoms. The minimum absolute atomic E-state index is 0.753. The van der Waals surface area contributed by atoms with Crippen molar-refractivity contribution in [3.8, 4) is 5.75 Å². The minimum atomic E-state index is 0.753. The number of ether oxygens (including phenoxy) is 1. The molecule has 0 atom stereocenters. The van der Waals surface area contributed by atoms with Crippen LogP contribution in [0, 0.1) is 0 Å². The van der Waals surface area contributed by atoms with E-state index in [-0.39, 0.29) is 0 Å². The summed E-state index contributed by atoms with van der Waals surface area (Å²) in [5.74, 6) is 0.921. The Bertz CT molecular complexity index is 576. The topological polar surface area (TPSA) is 24.8 Å². The molecule has 122 valence electrons. The smallest absolute Gasteiger partial charge is 0.119 e. The summed E-state index contributed by atoms with van der Waals surface area (Å²) in [6.45, 7) is 2.61. The molecule has 2 rings (SSSR count). The zero-order chi connectivity index (χ0) is 16.3. The molecule has 0 bridgehead atoms. The largest absolute Gasteiger partial charge is 0.494 e. The first kappa shape index (κ1) is 17.2. The predicted molar refractivity (Wildman–Crippen MR) is 97.7 cm³/mol. The van der Waals surface area contributed by atoms with Crippen molar-refractivity contribution in [2.24, 2.45) is 4.99 Å². The maximum atomic E-state index is 5.72. The fraction of sp³-hybridized carbons (Fsp3) is 0.350. The highest BCUT2D eigenvalue weighted by Crippen LogP contribution is 2.11. The van der Waals surface area contributed by atoms with Crippen LogP contribution >= 0.6 is 0 Å². The van der Waals surface area contributed by atoms with Crippen LogP contribution in [0.3, 0.4) is 0 Å². The van der Waals surface area contributed by atoms with Gasteiger partial charge in [-0.1, -0.05) is 30.3 Å². The Morgan fingerprint density at radius 3 is 2.43 bits per heavy atom. The SMILES string of the molecule is CN(C)CCCOc1ccc(/C=N\CCc2ccccc2)cc1. The van der Waals surface area contributed by atoms with Gasteiger partial charge in [-0.15, -0.1) is 0 Å². The fourth-order valence-corrected chi connectivity index (χ4v) is 2.23. The molecular formula is C20H26N2O.